The maximum absolute atomic E-state index is 11.0. The van der Waals surface area contributed by atoms with Crippen LogP contribution in [0, 0.1) is 17.0 Å². The highest BCUT2D eigenvalue weighted by atomic mass is 16.6. The van der Waals surface area contributed by atoms with E-state index in [1.165, 1.54) is 17.6 Å². The number of carbonyl (C=O) groups excluding carboxylic acids is 1. The molecule has 0 bridgehead atoms. The molecule has 0 radical (unpaired) electrons. The van der Waals surface area contributed by atoms with Gasteiger partial charge < -0.3 is 0 Å². The number of nitrogens with zero attached hydrogens (tertiary/aromatic N) is 1. The van der Waals surface area contributed by atoms with Crippen LogP contribution in [0.3, 0.4) is 0 Å². The predicted molar refractivity (Wildman–Crippen MR) is 47.1 cm³/mol. The summed E-state index contributed by atoms with van der Waals surface area (Å²) in [4.78, 5) is 20.8. The molecule has 0 unspecified atom stereocenters. The molecule has 0 aliphatic carbocycles. The summed E-state index contributed by atoms with van der Waals surface area (Å²) in [6, 6.07) is 3.85. The van der Waals surface area contributed by atoms with E-state index in [9.17, 15) is 14.9 Å². The summed E-state index contributed by atoms with van der Waals surface area (Å²) in [6.45, 7) is 1.62. The van der Waals surface area contributed by atoms with Gasteiger partial charge in [-0.1, -0.05) is 6.07 Å². The summed E-state index contributed by atoms with van der Waals surface area (Å²) in [5.41, 5.74) is 1.88. The van der Waals surface area contributed by atoms with Crippen molar-refractivity contribution in [1.29, 1.82) is 0 Å². The molecule has 0 saturated carbocycles. The van der Waals surface area contributed by atoms with Gasteiger partial charge in [-0.2, -0.15) is 0 Å². The number of nitrogens with one attached hydrogen (secondary N) is 1. The van der Waals surface area contributed by atoms with E-state index in [2.05, 4.69) is 0 Å². The second kappa shape index (κ2) is 3.84. The number of hydrogen-bond donors (Lipinski definition) is 2. The zero-order valence-corrected chi connectivity index (χ0v) is 7.35. The fraction of sp³-hybridized carbons (Fsp3) is 0.125. The van der Waals surface area contributed by atoms with Crippen LogP contribution in [-0.4, -0.2) is 16.0 Å². The zero-order chi connectivity index (χ0) is 10.7. The van der Waals surface area contributed by atoms with Gasteiger partial charge >= 0.3 is 0 Å². The Bertz CT molecular complexity index is 389. The van der Waals surface area contributed by atoms with E-state index >= 15 is 0 Å². The lowest BCUT2D eigenvalue weighted by Crippen LogP contribution is -2.19. The van der Waals surface area contributed by atoms with Crippen LogP contribution in [0.4, 0.5) is 5.69 Å². The van der Waals surface area contributed by atoms with E-state index in [4.69, 9.17) is 5.21 Å². The van der Waals surface area contributed by atoms with Crippen LogP contribution < -0.4 is 5.48 Å². The highest BCUT2D eigenvalue weighted by molar-refractivity contribution is 5.95. The third-order valence-electron chi connectivity index (χ3n) is 1.78. The summed E-state index contributed by atoms with van der Waals surface area (Å²) in [7, 11) is 0. The standard InChI is InChI=1S/C8H8N2O4/c1-5-2-3-6(10(13)14)4-7(5)8(11)9-12/h2-4,12H,1H3,(H,9,11). The Labute approximate surface area is 79.3 Å². The molecule has 0 aliphatic heterocycles. The molecule has 1 rings (SSSR count). The SMILES string of the molecule is Cc1ccc([N+](=O)[O-])cc1C(=O)NO. The Kier molecular flexibility index (Phi) is 2.78. The first-order valence-corrected chi connectivity index (χ1v) is 3.75. The van der Waals surface area contributed by atoms with Gasteiger partial charge in [0.15, 0.2) is 0 Å². The minimum Gasteiger partial charge on any atom is -0.288 e. The lowest BCUT2D eigenvalue weighted by Gasteiger charge is -2.02. The first-order valence-electron chi connectivity index (χ1n) is 3.75. The molecule has 1 aromatic rings. The average molecular weight is 196 g/mol. The number of benzene rings is 1. The first-order chi connectivity index (χ1) is 6.56. The molecule has 74 valence electrons. The fourth-order valence-electron chi connectivity index (χ4n) is 1.03. The van der Waals surface area contributed by atoms with Crippen molar-refractivity contribution in [3.05, 3.63) is 39.4 Å². The van der Waals surface area contributed by atoms with E-state index in [0.29, 0.717) is 5.56 Å². The largest absolute Gasteiger partial charge is 0.288 e. The number of hydroxylamine groups is 1. The van der Waals surface area contributed by atoms with Gasteiger partial charge in [0.1, 0.15) is 0 Å². The number of non-ortho nitro benzene ring substituents is 1. The third kappa shape index (κ3) is 1.86. The smallest absolute Gasteiger partial charge is 0.275 e. The van der Waals surface area contributed by atoms with Gasteiger partial charge in [0.25, 0.3) is 11.6 Å². The maximum Gasteiger partial charge on any atom is 0.275 e. The van der Waals surface area contributed by atoms with Crippen molar-refractivity contribution in [3.63, 3.8) is 0 Å². The maximum atomic E-state index is 11.0. The number of nitro groups is 1. The molecule has 0 atom stereocenters. The molecule has 2 N–H and O–H groups in total. The average Bonchev–Trinajstić information content (AvgIpc) is 2.17. The van der Waals surface area contributed by atoms with E-state index < -0.39 is 10.8 Å². The summed E-state index contributed by atoms with van der Waals surface area (Å²) in [6.07, 6.45) is 0. The van der Waals surface area contributed by atoms with Crippen LogP contribution in [0.1, 0.15) is 15.9 Å². The van der Waals surface area contributed by atoms with Crippen molar-refractivity contribution in [3.8, 4) is 0 Å². The summed E-state index contributed by atoms with van der Waals surface area (Å²) in [5, 5.41) is 18.8. The second-order valence-corrected chi connectivity index (χ2v) is 2.70. The van der Waals surface area contributed by atoms with E-state index in [1.54, 1.807) is 6.92 Å². The van der Waals surface area contributed by atoms with E-state index in [0.717, 1.165) is 6.07 Å². The Balaban J connectivity index is 3.21. The number of hydrogen-bond acceptors (Lipinski definition) is 4. The van der Waals surface area contributed by atoms with Crippen molar-refractivity contribution >= 4 is 11.6 Å². The number of carbonyl (C=O) groups is 1. The molecule has 0 saturated heterocycles. The highest BCUT2D eigenvalue weighted by Gasteiger charge is 2.13. The summed E-state index contributed by atoms with van der Waals surface area (Å²) < 4.78 is 0. The fourth-order valence-corrected chi connectivity index (χ4v) is 1.03. The molecule has 14 heavy (non-hydrogen) atoms. The molecular formula is C8H8N2O4. The lowest BCUT2D eigenvalue weighted by atomic mass is 10.1. The van der Waals surface area contributed by atoms with Gasteiger partial charge in [0, 0.05) is 12.1 Å². The molecule has 6 heteroatoms. The topological polar surface area (TPSA) is 92.5 Å². The first kappa shape index (κ1) is 10.1. The van der Waals surface area contributed by atoms with E-state index in [-0.39, 0.29) is 11.3 Å². The molecule has 6 nitrogen and oxygen atoms in total. The monoisotopic (exact) mass is 196 g/mol. The Morgan fingerprint density at radius 2 is 2.21 bits per heavy atom. The molecule has 0 aliphatic rings. The molecule has 0 fully saturated rings. The normalized spacial score (nSPS) is 9.57. The predicted octanol–water partition coefficient (Wildman–Crippen LogP) is 1.02. The lowest BCUT2D eigenvalue weighted by molar-refractivity contribution is -0.384. The summed E-state index contributed by atoms with van der Waals surface area (Å²) in [5.74, 6) is -0.758. The van der Waals surface area contributed by atoms with Gasteiger partial charge in [-0.3, -0.25) is 20.1 Å². The van der Waals surface area contributed by atoms with Gasteiger partial charge in [-0.25, -0.2) is 5.48 Å². The van der Waals surface area contributed by atoms with Crippen LogP contribution in [0.15, 0.2) is 18.2 Å². The molecule has 0 spiro atoms. The Hall–Kier alpha value is -1.95. The number of rotatable bonds is 2. The quantitative estimate of drug-likeness (QED) is 0.419. The van der Waals surface area contributed by atoms with Crippen LogP contribution in [0.5, 0.6) is 0 Å². The highest BCUT2D eigenvalue weighted by Crippen LogP contribution is 2.16. The third-order valence-corrected chi connectivity index (χ3v) is 1.78. The van der Waals surface area contributed by atoms with Crippen LogP contribution >= 0.6 is 0 Å². The Morgan fingerprint density at radius 1 is 1.57 bits per heavy atom. The van der Waals surface area contributed by atoms with Crippen molar-refractivity contribution in [2.24, 2.45) is 0 Å². The van der Waals surface area contributed by atoms with E-state index in [1.807, 2.05) is 0 Å². The number of aryl methyl sites for hydroxylation is 1. The van der Waals surface area contributed by atoms with Crippen LogP contribution in [0.2, 0.25) is 0 Å². The van der Waals surface area contributed by atoms with Crippen molar-refractivity contribution in [2.45, 2.75) is 6.92 Å². The van der Waals surface area contributed by atoms with Crippen molar-refractivity contribution < 1.29 is 14.9 Å². The molecule has 1 aromatic carbocycles. The zero-order valence-electron chi connectivity index (χ0n) is 7.35. The Morgan fingerprint density at radius 3 is 2.71 bits per heavy atom. The number of nitro benzene ring substituents is 1. The summed E-state index contributed by atoms with van der Waals surface area (Å²) >= 11 is 0. The molecular weight excluding hydrogens is 188 g/mol. The molecule has 0 heterocycles. The molecule has 1 amide bonds. The van der Waals surface area contributed by atoms with Gasteiger partial charge in [0.2, 0.25) is 0 Å². The minimum absolute atomic E-state index is 0.0849. The van der Waals surface area contributed by atoms with Gasteiger partial charge in [-0.15, -0.1) is 0 Å². The van der Waals surface area contributed by atoms with Crippen molar-refractivity contribution in [2.75, 3.05) is 0 Å². The van der Waals surface area contributed by atoms with Crippen molar-refractivity contribution in [1.82, 2.24) is 5.48 Å². The van der Waals surface area contributed by atoms with Gasteiger partial charge in [-0.05, 0) is 12.5 Å². The second-order valence-electron chi connectivity index (χ2n) is 2.70. The van der Waals surface area contributed by atoms with Gasteiger partial charge in [0.05, 0.1) is 10.5 Å². The number of amides is 1. The van der Waals surface area contributed by atoms with Crippen LogP contribution in [-0.2, 0) is 0 Å². The van der Waals surface area contributed by atoms with Crippen LogP contribution in [0.25, 0.3) is 0 Å². The molecule has 0 aromatic heterocycles. The minimum atomic E-state index is -0.758.